The minimum Gasteiger partial charge on any atom is -0.355 e. The number of amides is 1. The maximum atomic E-state index is 11.0. The van der Waals surface area contributed by atoms with Crippen LogP contribution in [-0.2, 0) is 4.79 Å². The van der Waals surface area contributed by atoms with Crippen LogP contribution in [0.25, 0.3) is 0 Å². The van der Waals surface area contributed by atoms with Crippen LogP contribution in [0, 0.1) is 12.3 Å². The van der Waals surface area contributed by atoms with Crippen LogP contribution < -0.4 is 10.6 Å². The SMILES string of the molecule is C#CC(C)NCC(=O)NCCC. The van der Waals surface area contributed by atoms with E-state index in [9.17, 15) is 4.79 Å². The summed E-state index contributed by atoms with van der Waals surface area (Å²) in [4.78, 5) is 11.0. The molecule has 0 saturated heterocycles. The zero-order valence-corrected chi connectivity index (χ0v) is 7.68. The van der Waals surface area contributed by atoms with Crippen molar-refractivity contribution < 1.29 is 4.79 Å². The van der Waals surface area contributed by atoms with Crippen molar-refractivity contribution in [2.24, 2.45) is 0 Å². The molecule has 0 aliphatic carbocycles. The van der Waals surface area contributed by atoms with Crippen LogP contribution >= 0.6 is 0 Å². The Balaban J connectivity index is 3.39. The van der Waals surface area contributed by atoms with Gasteiger partial charge in [-0.05, 0) is 13.3 Å². The molecule has 3 nitrogen and oxygen atoms in total. The molecule has 0 aromatic carbocycles. The molecule has 0 aromatic rings. The van der Waals surface area contributed by atoms with Gasteiger partial charge in [0.05, 0.1) is 12.6 Å². The maximum Gasteiger partial charge on any atom is 0.233 e. The lowest BCUT2D eigenvalue weighted by Crippen LogP contribution is -2.37. The molecule has 2 N–H and O–H groups in total. The zero-order chi connectivity index (χ0) is 9.40. The summed E-state index contributed by atoms with van der Waals surface area (Å²) in [6.07, 6.45) is 6.07. The number of carbonyl (C=O) groups excluding carboxylic acids is 1. The van der Waals surface area contributed by atoms with Gasteiger partial charge < -0.3 is 5.32 Å². The van der Waals surface area contributed by atoms with Crippen molar-refractivity contribution in [1.29, 1.82) is 0 Å². The van der Waals surface area contributed by atoms with Crippen LogP contribution in [-0.4, -0.2) is 25.0 Å². The lowest BCUT2D eigenvalue weighted by molar-refractivity contribution is -0.120. The summed E-state index contributed by atoms with van der Waals surface area (Å²) in [5, 5.41) is 5.63. The predicted molar refractivity (Wildman–Crippen MR) is 49.6 cm³/mol. The topological polar surface area (TPSA) is 41.1 Å². The van der Waals surface area contributed by atoms with E-state index in [-0.39, 0.29) is 11.9 Å². The Kier molecular flexibility index (Phi) is 6.12. The van der Waals surface area contributed by atoms with Crippen molar-refractivity contribution in [2.75, 3.05) is 13.1 Å². The van der Waals surface area contributed by atoms with E-state index in [0.29, 0.717) is 6.54 Å². The van der Waals surface area contributed by atoms with Gasteiger partial charge in [-0.3, -0.25) is 10.1 Å². The Hall–Kier alpha value is -1.01. The van der Waals surface area contributed by atoms with Crippen molar-refractivity contribution >= 4 is 5.91 Å². The highest BCUT2D eigenvalue weighted by Crippen LogP contribution is 1.76. The van der Waals surface area contributed by atoms with E-state index in [1.54, 1.807) is 0 Å². The van der Waals surface area contributed by atoms with Crippen molar-refractivity contribution in [1.82, 2.24) is 10.6 Å². The monoisotopic (exact) mass is 168 g/mol. The summed E-state index contributed by atoms with van der Waals surface area (Å²) in [5.74, 6) is 2.48. The predicted octanol–water partition coefficient (Wildman–Crippen LogP) is 0.124. The first kappa shape index (κ1) is 11.0. The summed E-state index contributed by atoms with van der Waals surface area (Å²) in [6, 6.07) is -0.0441. The van der Waals surface area contributed by atoms with Crippen LogP contribution in [0.15, 0.2) is 0 Å². The first-order chi connectivity index (χ1) is 5.70. The first-order valence-corrected chi connectivity index (χ1v) is 4.17. The van der Waals surface area contributed by atoms with E-state index in [0.717, 1.165) is 13.0 Å². The van der Waals surface area contributed by atoms with E-state index in [2.05, 4.69) is 16.6 Å². The molecule has 1 unspecified atom stereocenters. The van der Waals surface area contributed by atoms with Crippen LogP contribution in [0.4, 0.5) is 0 Å². The molecule has 0 rings (SSSR count). The largest absolute Gasteiger partial charge is 0.355 e. The fourth-order valence-corrected chi connectivity index (χ4v) is 0.632. The van der Waals surface area contributed by atoms with E-state index in [4.69, 9.17) is 6.42 Å². The summed E-state index contributed by atoms with van der Waals surface area (Å²) in [6.45, 7) is 4.88. The molecule has 0 aliphatic rings. The Labute approximate surface area is 73.9 Å². The van der Waals surface area contributed by atoms with Crippen LogP contribution in [0.2, 0.25) is 0 Å². The molecular weight excluding hydrogens is 152 g/mol. The lowest BCUT2D eigenvalue weighted by atomic mass is 10.3. The second-order valence-corrected chi connectivity index (χ2v) is 2.62. The molecule has 0 bridgehead atoms. The lowest BCUT2D eigenvalue weighted by Gasteiger charge is -2.07. The van der Waals surface area contributed by atoms with Gasteiger partial charge in [0.1, 0.15) is 0 Å². The van der Waals surface area contributed by atoms with Crippen LogP contribution in [0.1, 0.15) is 20.3 Å². The van der Waals surface area contributed by atoms with Crippen molar-refractivity contribution in [2.45, 2.75) is 26.3 Å². The maximum absolute atomic E-state index is 11.0. The number of hydrogen-bond donors (Lipinski definition) is 2. The minimum absolute atomic E-state index is 0.000972. The standard InChI is InChI=1S/C9H16N2O/c1-4-6-10-9(12)7-11-8(3)5-2/h2,8,11H,4,6-7H2,1,3H3,(H,10,12). The van der Waals surface area contributed by atoms with E-state index in [1.807, 2.05) is 13.8 Å². The molecule has 68 valence electrons. The quantitative estimate of drug-likeness (QED) is 0.573. The molecule has 12 heavy (non-hydrogen) atoms. The average Bonchev–Trinajstić information content (AvgIpc) is 2.10. The molecule has 0 aromatic heterocycles. The second-order valence-electron chi connectivity index (χ2n) is 2.62. The molecule has 1 atom stereocenters. The molecule has 1 amide bonds. The minimum atomic E-state index is -0.0441. The second kappa shape index (κ2) is 6.68. The van der Waals surface area contributed by atoms with Gasteiger partial charge in [-0.25, -0.2) is 0 Å². The Morgan fingerprint density at radius 2 is 2.33 bits per heavy atom. The highest BCUT2D eigenvalue weighted by Gasteiger charge is 2.00. The molecule has 0 heterocycles. The fourth-order valence-electron chi connectivity index (χ4n) is 0.632. The van der Waals surface area contributed by atoms with Gasteiger partial charge in [0.15, 0.2) is 0 Å². The third-order valence-electron chi connectivity index (χ3n) is 1.39. The van der Waals surface area contributed by atoms with Crippen molar-refractivity contribution in [3.63, 3.8) is 0 Å². The Morgan fingerprint density at radius 3 is 2.83 bits per heavy atom. The number of nitrogens with one attached hydrogen (secondary N) is 2. The van der Waals surface area contributed by atoms with Crippen LogP contribution in [0.5, 0.6) is 0 Å². The number of carbonyl (C=O) groups is 1. The third-order valence-corrected chi connectivity index (χ3v) is 1.39. The Morgan fingerprint density at radius 1 is 1.67 bits per heavy atom. The van der Waals surface area contributed by atoms with Gasteiger partial charge in [0, 0.05) is 6.54 Å². The summed E-state index contributed by atoms with van der Waals surface area (Å²) in [7, 11) is 0. The first-order valence-electron chi connectivity index (χ1n) is 4.17. The summed E-state index contributed by atoms with van der Waals surface area (Å²) in [5.41, 5.74) is 0. The van der Waals surface area contributed by atoms with Gasteiger partial charge in [-0.2, -0.15) is 0 Å². The van der Waals surface area contributed by atoms with Gasteiger partial charge in [0.2, 0.25) is 5.91 Å². The van der Waals surface area contributed by atoms with Crippen molar-refractivity contribution in [3.8, 4) is 12.3 Å². The summed E-state index contributed by atoms with van der Waals surface area (Å²) < 4.78 is 0. The fraction of sp³-hybridized carbons (Fsp3) is 0.667. The van der Waals surface area contributed by atoms with Gasteiger partial charge in [-0.1, -0.05) is 12.8 Å². The molecule has 0 saturated carbocycles. The highest BCUT2D eigenvalue weighted by atomic mass is 16.1. The summed E-state index contributed by atoms with van der Waals surface area (Å²) >= 11 is 0. The van der Waals surface area contributed by atoms with E-state index < -0.39 is 0 Å². The molecule has 0 aliphatic heterocycles. The highest BCUT2D eigenvalue weighted by molar-refractivity contribution is 5.77. The molecule has 0 spiro atoms. The number of terminal acetylenes is 1. The van der Waals surface area contributed by atoms with Gasteiger partial charge in [0.25, 0.3) is 0 Å². The molecule has 0 fully saturated rings. The van der Waals surface area contributed by atoms with E-state index >= 15 is 0 Å². The average molecular weight is 168 g/mol. The third kappa shape index (κ3) is 5.75. The number of hydrogen-bond acceptors (Lipinski definition) is 2. The van der Waals surface area contributed by atoms with E-state index in [1.165, 1.54) is 0 Å². The Bertz CT molecular complexity index is 172. The van der Waals surface area contributed by atoms with Gasteiger partial charge in [-0.15, -0.1) is 6.42 Å². The van der Waals surface area contributed by atoms with Crippen molar-refractivity contribution in [3.05, 3.63) is 0 Å². The molecule has 0 radical (unpaired) electrons. The zero-order valence-electron chi connectivity index (χ0n) is 7.68. The van der Waals surface area contributed by atoms with Gasteiger partial charge >= 0.3 is 0 Å². The van der Waals surface area contributed by atoms with Crippen LogP contribution in [0.3, 0.4) is 0 Å². The number of rotatable bonds is 5. The molecule has 3 heteroatoms. The molecular formula is C9H16N2O. The smallest absolute Gasteiger partial charge is 0.233 e. The normalized spacial score (nSPS) is 11.8.